The van der Waals surface area contributed by atoms with E-state index in [0.717, 1.165) is 43.4 Å². The van der Waals surface area contributed by atoms with Gasteiger partial charge in [0.15, 0.2) is 5.13 Å². The van der Waals surface area contributed by atoms with Gasteiger partial charge in [0.25, 0.3) is 0 Å². The van der Waals surface area contributed by atoms with E-state index in [1.54, 1.807) is 0 Å². The van der Waals surface area contributed by atoms with Gasteiger partial charge < -0.3 is 0 Å². The van der Waals surface area contributed by atoms with Crippen LogP contribution < -0.4 is 4.72 Å². The van der Waals surface area contributed by atoms with E-state index < -0.39 is 10.0 Å². The van der Waals surface area contributed by atoms with E-state index in [-0.39, 0.29) is 0 Å². The zero-order chi connectivity index (χ0) is 14.0. The van der Waals surface area contributed by atoms with E-state index in [9.17, 15) is 8.42 Å². The van der Waals surface area contributed by atoms with E-state index in [1.807, 2.05) is 5.38 Å². The van der Waals surface area contributed by atoms with Gasteiger partial charge in [-0.1, -0.05) is 13.8 Å². The molecule has 0 saturated carbocycles. The van der Waals surface area contributed by atoms with Crippen molar-refractivity contribution in [2.45, 2.75) is 26.8 Å². The molecule has 5 nitrogen and oxygen atoms in total. The van der Waals surface area contributed by atoms with Gasteiger partial charge in [-0.05, 0) is 18.3 Å². The normalized spacial score (nSPS) is 25.4. The molecular weight excluding hydrogens is 282 g/mol. The van der Waals surface area contributed by atoms with Crippen LogP contribution in [0.25, 0.3) is 0 Å². The molecule has 2 heterocycles. The van der Waals surface area contributed by atoms with E-state index in [1.165, 1.54) is 17.8 Å². The molecule has 7 heteroatoms. The van der Waals surface area contributed by atoms with Crippen LogP contribution in [0.1, 0.15) is 26.0 Å². The van der Waals surface area contributed by atoms with E-state index in [4.69, 9.17) is 0 Å². The van der Waals surface area contributed by atoms with Crippen LogP contribution in [0.3, 0.4) is 0 Å². The van der Waals surface area contributed by atoms with Gasteiger partial charge >= 0.3 is 0 Å². The van der Waals surface area contributed by atoms with Gasteiger partial charge in [-0.2, -0.15) is 0 Å². The standard InChI is InChI=1S/C12H21N3O2S2/c1-9-4-10(2)6-15(5-9)7-11-8-18-12(13-11)14-19(3,16)17/h8-10H,4-7H2,1-3H3,(H,13,14)/t9-,10-/m1/s1. The number of aromatic nitrogens is 1. The first kappa shape index (κ1) is 14.7. The average Bonchev–Trinajstić information content (AvgIpc) is 2.60. The number of sulfonamides is 1. The van der Waals surface area contributed by atoms with E-state index in [0.29, 0.717) is 5.13 Å². The second kappa shape index (κ2) is 5.76. The monoisotopic (exact) mass is 303 g/mol. The molecule has 1 aromatic heterocycles. The van der Waals surface area contributed by atoms with Crippen molar-refractivity contribution in [3.8, 4) is 0 Å². The van der Waals surface area contributed by atoms with Crippen LogP contribution in [0.15, 0.2) is 5.38 Å². The molecule has 0 bridgehead atoms. The molecule has 0 aliphatic carbocycles. The Kier molecular flexibility index (Phi) is 4.47. The molecule has 0 aromatic carbocycles. The van der Waals surface area contributed by atoms with Crippen LogP contribution in [0.5, 0.6) is 0 Å². The lowest BCUT2D eigenvalue weighted by Crippen LogP contribution is -2.38. The summed E-state index contributed by atoms with van der Waals surface area (Å²) in [5.41, 5.74) is 0.942. The molecule has 19 heavy (non-hydrogen) atoms. The quantitative estimate of drug-likeness (QED) is 0.924. The maximum Gasteiger partial charge on any atom is 0.231 e. The Bertz CT molecular complexity index is 517. The lowest BCUT2D eigenvalue weighted by molar-refractivity contribution is 0.133. The fourth-order valence-electron chi connectivity index (χ4n) is 2.74. The third-order valence-electron chi connectivity index (χ3n) is 3.15. The molecule has 2 rings (SSSR count). The number of hydrogen-bond donors (Lipinski definition) is 1. The molecule has 0 spiro atoms. The Hall–Kier alpha value is -0.660. The molecule has 1 saturated heterocycles. The molecule has 1 aromatic rings. The molecule has 0 unspecified atom stereocenters. The summed E-state index contributed by atoms with van der Waals surface area (Å²) in [4.78, 5) is 6.73. The Labute approximate surface area is 119 Å². The molecule has 1 aliphatic heterocycles. The van der Waals surface area contributed by atoms with Crippen molar-refractivity contribution in [1.82, 2.24) is 9.88 Å². The highest BCUT2D eigenvalue weighted by atomic mass is 32.2. The number of hydrogen-bond acceptors (Lipinski definition) is 5. The van der Waals surface area contributed by atoms with Crippen molar-refractivity contribution in [2.24, 2.45) is 11.8 Å². The number of piperidine rings is 1. The van der Waals surface area contributed by atoms with E-state index in [2.05, 4.69) is 28.5 Å². The summed E-state index contributed by atoms with van der Waals surface area (Å²) in [7, 11) is -3.23. The van der Waals surface area contributed by atoms with Gasteiger partial charge in [-0.25, -0.2) is 13.4 Å². The highest BCUT2D eigenvalue weighted by Gasteiger charge is 2.22. The van der Waals surface area contributed by atoms with Gasteiger partial charge in [0, 0.05) is 25.0 Å². The number of nitrogens with one attached hydrogen (secondary N) is 1. The summed E-state index contributed by atoms with van der Waals surface area (Å²) in [6.45, 7) is 7.55. The molecular formula is C12H21N3O2S2. The predicted molar refractivity (Wildman–Crippen MR) is 78.8 cm³/mol. The van der Waals surface area contributed by atoms with Crippen LogP contribution in [0, 0.1) is 11.8 Å². The van der Waals surface area contributed by atoms with Crippen LogP contribution in [0.2, 0.25) is 0 Å². The second-order valence-electron chi connectivity index (χ2n) is 5.66. The summed E-state index contributed by atoms with van der Waals surface area (Å²) in [5, 5.41) is 2.38. The Morgan fingerprint density at radius 1 is 1.42 bits per heavy atom. The minimum atomic E-state index is -3.23. The van der Waals surface area contributed by atoms with Gasteiger partial charge in [-0.3, -0.25) is 9.62 Å². The Morgan fingerprint density at radius 2 is 2.05 bits per heavy atom. The fourth-order valence-corrected chi connectivity index (χ4v) is 4.29. The smallest absolute Gasteiger partial charge is 0.231 e. The van der Waals surface area contributed by atoms with Gasteiger partial charge in [0.2, 0.25) is 10.0 Å². The molecule has 0 radical (unpaired) electrons. The third-order valence-corrected chi connectivity index (χ3v) is 4.65. The van der Waals surface area contributed by atoms with Crippen LogP contribution >= 0.6 is 11.3 Å². The van der Waals surface area contributed by atoms with E-state index >= 15 is 0 Å². The number of likely N-dealkylation sites (tertiary alicyclic amines) is 1. The van der Waals surface area contributed by atoms with Crippen LogP contribution in [-0.2, 0) is 16.6 Å². The van der Waals surface area contributed by atoms with Crippen molar-refractivity contribution in [2.75, 3.05) is 24.1 Å². The predicted octanol–water partition coefficient (Wildman–Crippen LogP) is 1.99. The molecule has 2 atom stereocenters. The van der Waals surface area contributed by atoms with Crippen LogP contribution in [-0.4, -0.2) is 37.6 Å². The Morgan fingerprint density at radius 3 is 2.63 bits per heavy atom. The van der Waals surface area contributed by atoms with Crippen molar-refractivity contribution in [3.63, 3.8) is 0 Å². The minimum absolute atomic E-state index is 0.454. The Balaban J connectivity index is 1.96. The zero-order valence-corrected chi connectivity index (χ0v) is 13.2. The first-order valence-electron chi connectivity index (χ1n) is 6.46. The van der Waals surface area contributed by atoms with Gasteiger partial charge in [-0.15, -0.1) is 11.3 Å². The molecule has 1 N–H and O–H groups in total. The van der Waals surface area contributed by atoms with Crippen molar-refractivity contribution >= 4 is 26.5 Å². The first-order chi connectivity index (χ1) is 8.82. The lowest BCUT2D eigenvalue weighted by atomic mass is 9.92. The average molecular weight is 303 g/mol. The van der Waals surface area contributed by atoms with Crippen molar-refractivity contribution < 1.29 is 8.42 Å². The summed E-state index contributed by atoms with van der Waals surface area (Å²) in [5.74, 6) is 1.44. The number of nitrogens with zero attached hydrogens (tertiary/aromatic N) is 2. The first-order valence-corrected chi connectivity index (χ1v) is 9.23. The molecule has 1 fully saturated rings. The summed E-state index contributed by atoms with van der Waals surface area (Å²) < 4.78 is 24.7. The second-order valence-corrected chi connectivity index (χ2v) is 8.26. The molecule has 0 amide bonds. The topological polar surface area (TPSA) is 62.3 Å². The lowest BCUT2D eigenvalue weighted by Gasteiger charge is -2.34. The minimum Gasteiger partial charge on any atom is -0.297 e. The maximum atomic E-state index is 11.1. The largest absolute Gasteiger partial charge is 0.297 e. The SMILES string of the molecule is C[C@@H]1C[C@@H](C)CN(Cc2csc(NS(C)(=O)=O)n2)C1. The number of anilines is 1. The molecule has 108 valence electrons. The number of rotatable bonds is 4. The fraction of sp³-hybridized carbons (Fsp3) is 0.750. The van der Waals surface area contributed by atoms with Crippen molar-refractivity contribution in [3.05, 3.63) is 11.1 Å². The molecule has 1 aliphatic rings. The van der Waals surface area contributed by atoms with Crippen molar-refractivity contribution in [1.29, 1.82) is 0 Å². The number of thiazole rings is 1. The van der Waals surface area contributed by atoms with Crippen LogP contribution in [0.4, 0.5) is 5.13 Å². The summed E-state index contributed by atoms with van der Waals surface area (Å²) in [6.07, 6.45) is 2.43. The van der Waals surface area contributed by atoms with Gasteiger partial charge in [0.1, 0.15) is 0 Å². The summed E-state index contributed by atoms with van der Waals surface area (Å²) >= 11 is 1.34. The maximum absolute atomic E-state index is 11.1. The van der Waals surface area contributed by atoms with Gasteiger partial charge in [0.05, 0.1) is 11.9 Å². The highest BCUT2D eigenvalue weighted by molar-refractivity contribution is 7.92. The highest BCUT2D eigenvalue weighted by Crippen LogP contribution is 2.24. The zero-order valence-electron chi connectivity index (χ0n) is 11.6. The summed E-state index contributed by atoms with van der Waals surface area (Å²) in [6, 6.07) is 0. The third kappa shape index (κ3) is 4.74.